The van der Waals surface area contributed by atoms with Crippen molar-refractivity contribution in [3.8, 4) is 0 Å². The Morgan fingerprint density at radius 3 is 0.661 bits per heavy atom. The molecule has 0 aliphatic rings. The molecule has 11 heteroatoms. The Balaban J connectivity index is 6.17. The highest BCUT2D eigenvalue weighted by Crippen LogP contribution is 2.55. The summed E-state index contributed by atoms with van der Waals surface area (Å²) in [6.45, 7) is 21.5. The monoisotopic (exact) mass is 867 g/mol. The van der Waals surface area contributed by atoms with Crippen molar-refractivity contribution in [1.29, 1.82) is 0 Å². The van der Waals surface area contributed by atoms with E-state index >= 15 is 4.57 Å². The SMILES string of the molecule is CCOCCCCCCCC(CCCCOCC)OP(=O)(OC(CCCCCCCOCC)CCCCOCC)OC(CCCCCCCOCC)CCCCOCC. The minimum absolute atomic E-state index is 0.196. The summed E-state index contributed by atoms with van der Waals surface area (Å²) in [5.74, 6) is 0. The van der Waals surface area contributed by atoms with Crippen LogP contribution in [0.4, 0.5) is 0 Å². The lowest BCUT2D eigenvalue weighted by atomic mass is 10.0. The van der Waals surface area contributed by atoms with Gasteiger partial charge in [0, 0.05) is 79.3 Å². The van der Waals surface area contributed by atoms with Gasteiger partial charge in [-0.3, -0.25) is 13.6 Å². The first-order valence-electron chi connectivity index (χ1n) is 25.1. The molecule has 0 saturated carbocycles. The predicted octanol–water partition coefficient (Wildman–Crippen LogP) is 14.0. The molecule has 0 aromatic rings. The summed E-state index contributed by atoms with van der Waals surface area (Å²) in [6.07, 6.45) is 26.9. The van der Waals surface area contributed by atoms with Crippen LogP contribution in [-0.4, -0.2) is 97.6 Å². The van der Waals surface area contributed by atoms with Crippen LogP contribution in [-0.2, 0) is 46.6 Å². The van der Waals surface area contributed by atoms with Crippen LogP contribution in [0, 0.1) is 0 Å². The summed E-state index contributed by atoms with van der Waals surface area (Å²) in [5.41, 5.74) is 0. The van der Waals surface area contributed by atoms with E-state index in [0.717, 1.165) is 214 Å². The highest BCUT2D eigenvalue weighted by Gasteiger charge is 2.36. The largest absolute Gasteiger partial charge is 0.475 e. The van der Waals surface area contributed by atoms with E-state index in [0.29, 0.717) is 0 Å². The second kappa shape index (κ2) is 47.4. The quantitative estimate of drug-likeness (QED) is 0.0434. The summed E-state index contributed by atoms with van der Waals surface area (Å²) >= 11 is 0. The van der Waals surface area contributed by atoms with Gasteiger partial charge in [0.05, 0.1) is 18.3 Å². The van der Waals surface area contributed by atoms with Gasteiger partial charge >= 0.3 is 7.82 Å². The first-order chi connectivity index (χ1) is 29.0. The highest BCUT2D eigenvalue weighted by atomic mass is 31.2. The molecule has 0 N–H and O–H groups in total. The molecule has 0 fully saturated rings. The van der Waals surface area contributed by atoms with Gasteiger partial charge in [-0.1, -0.05) is 77.0 Å². The summed E-state index contributed by atoms with van der Waals surface area (Å²) in [4.78, 5) is 0. The third kappa shape index (κ3) is 41.6. The van der Waals surface area contributed by atoms with Crippen molar-refractivity contribution < 1.29 is 46.6 Å². The summed E-state index contributed by atoms with van der Waals surface area (Å²) in [5, 5.41) is 0. The van der Waals surface area contributed by atoms with Gasteiger partial charge < -0.3 is 28.4 Å². The minimum Gasteiger partial charge on any atom is -0.382 e. The van der Waals surface area contributed by atoms with Crippen LogP contribution in [0.3, 0.4) is 0 Å². The van der Waals surface area contributed by atoms with E-state index < -0.39 is 7.82 Å². The lowest BCUT2D eigenvalue weighted by Gasteiger charge is -2.31. The van der Waals surface area contributed by atoms with Gasteiger partial charge in [-0.15, -0.1) is 0 Å². The van der Waals surface area contributed by atoms with Crippen LogP contribution in [0.15, 0.2) is 0 Å². The number of phosphoric acid groups is 1. The number of rotatable bonds is 51. The number of unbranched alkanes of at least 4 members (excludes halogenated alkanes) is 15. The number of hydrogen-bond acceptors (Lipinski definition) is 10. The Labute approximate surface area is 365 Å². The van der Waals surface area contributed by atoms with Crippen molar-refractivity contribution >= 4 is 7.82 Å². The summed E-state index contributed by atoms with van der Waals surface area (Å²) < 4.78 is 69.4. The zero-order chi connectivity index (χ0) is 43.2. The van der Waals surface area contributed by atoms with E-state index in [9.17, 15) is 0 Å². The van der Waals surface area contributed by atoms with Crippen molar-refractivity contribution in [1.82, 2.24) is 0 Å². The van der Waals surface area contributed by atoms with E-state index in [1.807, 2.05) is 20.8 Å². The second-order valence-electron chi connectivity index (χ2n) is 16.0. The molecular weight excluding hydrogens is 767 g/mol. The molecule has 356 valence electrons. The lowest BCUT2D eigenvalue weighted by Crippen LogP contribution is -2.22. The van der Waals surface area contributed by atoms with Gasteiger partial charge in [-0.2, -0.15) is 0 Å². The van der Waals surface area contributed by atoms with Crippen molar-refractivity contribution in [2.75, 3.05) is 79.3 Å². The van der Waals surface area contributed by atoms with Crippen LogP contribution < -0.4 is 0 Å². The zero-order valence-corrected chi connectivity index (χ0v) is 40.7. The standard InChI is InChI=1S/C48H99O10P/c1-7-50-40-28-19-13-16-22-34-46(37-25-31-43-53-10-4)56-59(49,57-47(38-26-32-44-54-11-5)35-23-17-14-20-29-41-51-8-2)58-48(39-27-33-45-55-12-6)36-24-18-15-21-30-42-52-9-3/h46-48H,7-45H2,1-6H3. The van der Waals surface area contributed by atoms with E-state index in [2.05, 4.69) is 20.8 Å². The van der Waals surface area contributed by atoms with Crippen LogP contribution in [0.5, 0.6) is 0 Å². The molecule has 0 amide bonds. The Hall–Kier alpha value is -0.130. The van der Waals surface area contributed by atoms with Gasteiger partial charge in [0.25, 0.3) is 0 Å². The molecule has 10 nitrogen and oxygen atoms in total. The fraction of sp³-hybridized carbons (Fsp3) is 1.00. The highest BCUT2D eigenvalue weighted by molar-refractivity contribution is 7.48. The van der Waals surface area contributed by atoms with E-state index in [1.54, 1.807) is 0 Å². The molecule has 3 unspecified atom stereocenters. The van der Waals surface area contributed by atoms with E-state index in [-0.39, 0.29) is 18.3 Å². The molecule has 59 heavy (non-hydrogen) atoms. The second-order valence-corrected chi connectivity index (χ2v) is 17.5. The van der Waals surface area contributed by atoms with E-state index in [1.165, 1.54) is 38.5 Å². The minimum atomic E-state index is -3.94. The smallest absolute Gasteiger partial charge is 0.382 e. The molecule has 0 aliphatic carbocycles. The molecule has 0 aliphatic heterocycles. The maximum atomic E-state index is 15.4. The molecular formula is C48H99O10P. The molecule has 0 radical (unpaired) electrons. The predicted molar refractivity (Wildman–Crippen MR) is 246 cm³/mol. The van der Waals surface area contributed by atoms with Gasteiger partial charge in [0.1, 0.15) is 0 Å². The Bertz CT molecular complexity index is 748. The van der Waals surface area contributed by atoms with Gasteiger partial charge in [-0.25, -0.2) is 4.57 Å². The van der Waals surface area contributed by atoms with Crippen LogP contribution in [0.25, 0.3) is 0 Å². The molecule has 0 saturated heterocycles. The molecule has 0 heterocycles. The van der Waals surface area contributed by atoms with E-state index in [4.69, 9.17) is 42.0 Å². The Morgan fingerprint density at radius 2 is 0.441 bits per heavy atom. The number of phosphoric ester groups is 1. The first kappa shape index (κ1) is 58.9. The topological polar surface area (TPSA) is 100 Å². The molecule has 0 rings (SSSR count). The molecule has 3 atom stereocenters. The fourth-order valence-electron chi connectivity index (χ4n) is 7.29. The number of hydrogen-bond donors (Lipinski definition) is 0. The van der Waals surface area contributed by atoms with Crippen molar-refractivity contribution in [2.24, 2.45) is 0 Å². The van der Waals surface area contributed by atoms with Gasteiger partial charge in [0.2, 0.25) is 0 Å². The average molecular weight is 867 g/mol. The van der Waals surface area contributed by atoms with Crippen molar-refractivity contribution in [3.05, 3.63) is 0 Å². The van der Waals surface area contributed by atoms with Crippen LogP contribution in [0.2, 0.25) is 0 Å². The first-order valence-corrected chi connectivity index (χ1v) is 26.6. The Kier molecular flexibility index (Phi) is 47.2. The van der Waals surface area contributed by atoms with Gasteiger partial charge in [0.15, 0.2) is 0 Å². The van der Waals surface area contributed by atoms with Gasteiger partial charge in [-0.05, 0) is 138 Å². The average Bonchev–Trinajstić information content (AvgIpc) is 3.23. The normalized spacial score (nSPS) is 14.5. The summed E-state index contributed by atoms with van der Waals surface area (Å²) in [6, 6.07) is 0. The van der Waals surface area contributed by atoms with Crippen LogP contribution in [0.1, 0.15) is 215 Å². The molecule has 0 aromatic heterocycles. The molecule has 0 aromatic carbocycles. The number of ether oxygens (including phenoxy) is 6. The van der Waals surface area contributed by atoms with Crippen molar-refractivity contribution in [2.45, 2.75) is 233 Å². The Morgan fingerprint density at radius 1 is 0.271 bits per heavy atom. The summed E-state index contributed by atoms with van der Waals surface area (Å²) in [7, 11) is -3.94. The van der Waals surface area contributed by atoms with Crippen molar-refractivity contribution in [3.63, 3.8) is 0 Å². The third-order valence-corrected chi connectivity index (χ3v) is 12.4. The maximum Gasteiger partial charge on any atom is 0.475 e. The lowest BCUT2D eigenvalue weighted by molar-refractivity contribution is 0.0143. The molecule has 0 spiro atoms. The maximum absolute atomic E-state index is 15.4. The fourth-order valence-corrected chi connectivity index (χ4v) is 9.16. The zero-order valence-electron chi connectivity index (χ0n) is 39.8. The third-order valence-electron chi connectivity index (χ3n) is 10.7. The molecule has 0 bridgehead atoms. The van der Waals surface area contributed by atoms with Crippen LogP contribution >= 0.6 is 7.82 Å².